The largest absolute Gasteiger partial charge is 0.486 e. The second-order valence-electron chi connectivity index (χ2n) is 7.04. The van der Waals surface area contributed by atoms with Crippen LogP contribution in [0, 0.1) is 0 Å². The maximum atomic E-state index is 12.8. The molecule has 2 N–H and O–H groups in total. The SMILES string of the molecule is NS(=O)(=O)c1ccc(/C=C/C(=O)N2CCCC2c2ccc3c(c2)OCCO3)cc1. The van der Waals surface area contributed by atoms with E-state index in [1.54, 1.807) is 18.2 Å². The number of carbonyl (C=O) groups is 1. The number of hydrogen-bond donors (Lipinski definition) is 1. The summed E-state index contributed by atoms with van der Waals surface area (Å²) in [6, 6.07) is 11.9. The fourth-order valence-electron chi connectivity index (χ4n) is 3.68. The van der Waals surface area contributed by atoms with Crippen molar-refractivity contribution in [2.24, 2.45) is 5.14 Å². The molecule has 2 aromatic carbocycles. The Morgan fingerprint density at radius 3 is 2.52 bits per heavy atom. The Morgan fingerprint density at radius 1 is 1.07 bits per heavy atom. The molecule has 2 aliphatic heterocycles. The molecule has 2 aliphatic rings. The van der Waals surface area contributed by atoms with Gasteiger partial charge in [0.1, 0.15) is 13.2 Å². The fraction of sp³-hybridized carbons (Fsp3) is 0.286. The average molecular weight is 414 g/mol. The van der Waals surface area contributed by atoms with Gasteiger partial charge in [0.2, 0.25) is 15.9 Å². The molecule has 0 saturated carbocycles. The molecule has 0 radical (unpaired) electrons. The number of likely N-dealkylation sites (tertiary alicyclic amines) is 1. The number of primary sulfonamides is 1. The average Bonchev–Trinajstić information content (AvgIpc) is 3.21. The van der Waals surface area contributed by atoms with E-state index in [0.717, 1.165) is 35.5 Å². The lowest BCUT2D eigenvalue weighted by atomic mass is 10.0. The lowest BCUT2D eigenvalue weighted by Crippen LogP contribution is -2.29. The minimum atomic E-state index is -3.73. The maximum Gasteiger partial charge on any atom is 0.247 e. The van der Waals surface area contributed by atoms with Gasteiger partial charge in [-0.25, -0.2) is 13.6 Å². The van der Waals surface area contributed by atoms with Crippen molar-refractivity contribution < 1.29 is 22.7 Å². The molecule has 7 nitrogen and oxygen atoms in total. The molecule has 2 aromatic rings. The van der Waals surface area contributed by atoms with E-state index in [4.69, 9.17) is 14.6 Å². The lowest BCUT2D eigenvalue weighted by molar-refractivity contribution is -0.126. The Kier molecular flexibility index (Phi) is 5.29. The van der Waals surface area contributed by atoms with Gasteiger partial charge in [-0.3, -0.25) is 4.79 Å². The van der Waals surface area contributed by atoms with Gasteiger partial charge in [-0.1, -0.05) is 18.2 Å². The normalized spacial score (nSPS) is 18.9. The zero-order valence-electron chi connectivity index (χ0n) is 15.8. The van der Waals surface area contributed by atoms with Gasteiger partial charge in [0.15, 0.2) is 11.5 Å². The molecular formula is C21H22N2O5S. The number of benzene rings is 2. The quantitative estimate of drug-likeness (QED) is 0.775. The molecule has 0 spiro atoms. The number of fused-ring (bicyclic) bond motifs is 1. The van der Waals surface area contributed by atoms with E-state index in [1.165, 1.54) is 18.2 Å². The van der Waals surface area contributed by atoms with Gasteiger partial charge in [-0.2, -0.15) is 0 Å². The van der Waals surface area contributed by atoms with Crippen molar-refractivity contribution in [3.8, 4) is 11.5 Å². The maximum absolute atomic E-state index is 12.8. The van der Waals surface area contributed by atoms with Crippen molar-refractivity contribution >= 4 is 22.0 Å². The van der Waals surface area contributed by atoms with Crippen molar-refractivity contribution in [3.63, 3.8) is 0 Å². The van der Waals surface area contributed by atoms with E-state index >= 15 is 0 Å². The number of rotatable bonds is 4. The van der Waals surface area contributed by atoms with Gasteiger partial charge in [-0.15, -0.1) is 0 Å². The molecule has 1 amide bonds. The number of carbonyl (C=O) groups excluding carboxylic acids is 1. The number of amides is 1. The van der Waals surface area contributed by atoms with Crippen LogP contribution in [0.3, 0.4) is 0 Å². The van der Waals surface area contributed by atoms with Crippen LogP contribution in [-0.4, -0.2) is 39.0 Å². The Hall–Kier alpha value is -2.84. The lowest BCUT2D eigenvalue weighted by Gasteiger charge is -2.26. The molecule has 1 saturated heterocycles. The molecule has 1 atom stereocenters. The molecule has 29 heavy (non-hydrogen) atoms. The molecule has 0 aliphatic carbocycles. The van der Waals surface area contributed by atoms with Crippen LogP contribution < -0.4 is 14.6 Å². The van der Waals surface area contributed by atoms with Gasteiger partial charge in [-0.05, 0) is 54.3 Å². The Labute approximate surface area is 169 Å². The molecule has 4 rings (SSSR count). The summed E-state index contributed by atoms with van der Waals surface area (Å²) in [5.74, 6) is 1.37. The summed E-state index contributed by atoms with van der Waals surface area (Å²) < 4.78 is 33.9. The summed E-state index contributed by atoms with van der Waals surface area (Å²) >= 11 is 0. The van der Waals surface area contributed by atoms with Crippen LogP contribution in [0.2, 0.25) is 0 Å². The van der Waals surface area contributed by atoms with E-state index in [9.17, 15) is 13.2 Å². The van der Waals surface area contributed by atoms with Crippen molar-refractivity contribution in [1.82, 2.24) is 4.90 Å². The number of hydrogen-bond acceptors (Lipinski definition) is 5. The third-order valence-electron chi connectivity index (χ3n) is 5.11. The summed E-state index contributed by atoms with van der Waals surface area (Å²) in [5.41, 5.74) is 1.76. The van der Waals surface area contributed by atoms with E-state index in [-0.39, 0.29) is 16.8 Å². The zero-order valence-corrected chi connectivity index (χ0v) is 16.6. The topological polar surface area (TPSA) is 98.9 Å². The first-order valence-electron chi connectivity index (χ1n) is 9.43. The molecule has 0 bridgehead atoms. The molecule has 8 heteroatoms. The number of sulfonamides is 1. The predicted molar refractivity (Wildman–Crippen MR) is 108 cm³/mol. The highest BCUT2D eigenvalue weighted by Gasteiger charge is 2.29. The third-order valence-corrected chi connectivity index (χ3v) is 6.04. The first kappa shape index (κ1) is 19.5. The minimum Gasteiger partial charge on any atom is -0.486 e. The van der Waals surface area contributed by atoms with Crippen LogP contribution in [0.25, 0.3) is 6.08 Å². The number of nitrogens with zero attached hydrogens (tertiary/aromatic N) is 1. The zero-order chi connectivity index (χ0) is 20.4. The highest BCUT2D eigenvalue weighted by Crippen LogP contribution is 2.38. The summed E-state index contributed by atoms with van der Waals surface area (Å²) in [6.45, 7) is 1.76. The smallest absolute Gasteiger partial charge is 0.247 e. The van der Waals surface area contributed by atoms with Crippen LogP contribution >= 0.6 is 0 Å². The first-order valence-corrected chi connectivity index (χ1v) is 11.0. The second kappa shape index (κ2) is 7.88. The van der Waals surface area contributed by atoms with Crippen LogP contribution in [0.5, 0.6) is 11.5 Å². The van der Waals surface area contributed by atoms with Crippen LogP contribution in [-0.2, 0) is 14.8 Å². The van der Waals surface area contributed by atoms with E-state index < -0.39 is 10.0 Å². The Morgan fingerprint density at radius 2 is 1.79 bits per heavy atom. The summed E-state index contributed by atoms with van der Waals surface area (Å²) in [6.07, 6.45) is 5.01. The molecule has 2 heterocycles. The van der Waals surface area contributed by atoms with Crippen LogP contribution in [0.15, 0.2) is 53.4 Å². The van der Waals surface area contributed by atoms with Gasteiger partial charge in [0.25, 0.3) is 0 Å². The fourth-order valence-corrected chi connectivity index (χ4v) is 4.19. The highest BCUT2D eigenvalue weighted by molar-refractivity contribution is 7.89. The van der Waals surface area contributed by atoms with E-state index in [1.807, 2.05) is 23.1 Å². The van der Waals surface area contributed by atoms with Gasteiger partial charge in [0.05, 0.1) is 10.9 Å². The van der Waals surface area contributed by atoms with E-state index in [0.29, 0.717) is 19.8 Å². The van der Waals surface area contributed by atoms with Crippen molar-refractivity contribution in [1.29, 1.82) is 0 Å². The Balaban J connectivity index is 1.48. The predicted octanol–water partition coefficient (Wildman–Crippen LogP) is 2.48. The van der Waals surface area contributed by atoms with Crippen molar-refractivity contribution in [3.05, 3.63) is 59.7 Å². The number of nitrogens with two attached hydrogens (primary N) is 1. The standard InChI is InChI=1S/C21H22N2O5S/c22-29(25,26)17-7-3-15(4-8-17)5-10-21(24)23-11-1-2-18(23)16-6-9-19-20(14-16)28-13-12-27-19/h3-10,14,18H,1-2,11-13H2,(H2,22,25,26)/b10-5+. The highest BCUT2D eigenvalue weighted by atomic mass is 32.2. The molecular weight excluding hydrogens is 392 g/mol. The second-order valence-corrected chi connectivity index (χ2v) is 8.60. The summed E-state index contributed by atoms with van der Waals surface area (Å²) in [4.78, 5) is 14.7. The Bertz CT molecular complexity index is 1050. The van der Waals surface area contributed by atoms with Gasteiger partial charge >= 0.3 is 0 Å². The first-order chi connectivity index (χ1) is 13.9. The summed E-state index contributed by atoms with van der Waals surface area (Å²) in [7, 11) is -3.73. The van der Waals surface area contributed by atoms with Crippen LogP contribution in [0.4, 0.5) is 0 Å². The van der Waals surface area contributed by atoms with E-state index in [2.05, 4.69) is 0 Å². The summed E-state index contributed by atoms with van der Waals surface area (Å²) in [5, 5.41) is 5.10. The minimum absolute atomic E-state index is 0.00673. The molecule has 1 fully saturated rings. The molecule has 0 aromatic heterocycles. The van der Waals surface area contributed by atoms with Crippen LogP contribution in [0.1, 0.15) is 30.0 Å². The van der Waals surface area contributed by atoms with Gasteiger partial charge < -0.3 is 14.4 Å². The van der Waals surface area contributed by atoms with Crippen molar-refractivity contribution in [2.75, 3.05) is 19.8 Å². The van der Waals surface area contributed by atoms with Gasteiger partial charge in [0, 0.05) is 12.6 Å². The third kappa shape index (κ3) is 4.28. The number of ether oxygens (including phenoxy) is 2. The molecule has 152 valence electrons. The monoisotopic (exact) mass is 414 g/mol. The van der Waals surface area contributed by atoms with Crippen molar-refractivity contribution in [2.45, 2.75) is 23.8 Å². The molecule has 1 unspecified atom stereocenters.